The van der Waals surface area contributed by atoms with Gasteiger partial charge < -0.3 is 9.78 Å². The molecule has 3 aliphatic rings. The minimum atomic E-state index is -0.364. The minimum absolute atomic E-state index is 0.152. The molecule has 2 aliphatic heterocycles. The summed E-state index contributed by atoms with van der Waals surface area (Å²) in [6.45, 7) is 0. The molecule has 18 heavy (non-hydrogen) atoms. The van der Waals surface area contributed by atoms with Gasteiger partial charge in [0.2, 0.25) is 0 Å². The Kier molecular flexibility index (Phi) is 2.06. The van der Waals surface area contributed by atoms with E-state index in [9.17, 15) is 0 Å². The van der Waals surface area contributed by atoms with Crippen LogP contribution in [0.15, 0.2) is 59.9 Å². The average molecular weight is 242 g/mol. The fourth-order valence-electron chi connectivity index (χ4n) is 2.29. The number of benzene rings is 1. The summed E-state index contributed by atoms with van der Waals surface area (Å²) in [5, 5.41) is 0. The highest BCUT2D eigenvalue weighted by Crippen LogP contribution is 2.44. The molecule has 0 fully saturated rings. The number of para-hydroxylation sites is 1. The van der Waals surface area contributed by atoms with Gasteiger partial charge in [0.05, 0.1) is 0 Å². The highest BCUT2D eigenvalue weighted by atomic mass is 17.2. The summed E-state index contributed by atoms with van der Waals surface area (Å²) in [6, 6.07) is 7.67. The fraction of sp³-hybridized carbons (Fsp3) is 0.143. The van der Waals surface area contributed by atoms with Gasteiger partial charge in [-0.1, -0.05) is 36.4 Å². The first kappa shape index (κ1) is 9.94. The van der Waals surface area contributed by atoms with Crippen molar-refractivity contribution >= 4 is 0 Å². The third-order valence-electron chi connectivity index (χ3n) is 3.18. The molecule has 90 valence electrons. The van der Waals surface area contributed by atoms with Crippen LogP contribution in [0.3, 0.4) is 0 Å². The summed E-state index contributed by atoms with van der Waals surface area (Å²) in [6.07, 6.45) is 7.27. The molecule has 4 heteroatoms. The summed E-state index contributed by atoms with van der Waals surface area (Å²) in [5.74, 6) is 1.38. The first-order chi connectivity index (χ1) is 8.93. The molecule has 1 aromatic carbocycles. The lowest BCUT2D eigenvalue weighted by molar-refractivity contribution is -0.285. The van der Waals surface area contributed by atoms with Crippen LogP contribution in [0.25, 0.3) is 0 Å². The molecule has 0 radical (unpaired) electrons. The van der Waals surface area contributed by atoms with E-state index in [1.807, 2.05) is 48.6 Å². The molecular weight excluding hydrogens is 232 g/mol. The van der Waals surface area contributed by atoms with Gasteiger partial charge in [0, 0.05) is 11.1 Å². The van der Waals surface area contributed by atoms with Crippen molar-refractivity contribution in [3.63, 3.8) is 0 Å². The van der Waals surface area contributed by atoms with E-state index in [1.54, 1.807) is 0 Å². The van der Waals surface area contributed by atoms with Crippen LogP contribution in [0, 0.1) is 0 Å². The zero-order chi connectivity index (χ0) is 11.9. The van der Waals surface area contributed by atoms with Crippen molar-refractivity contribution in [2.24, 2.45) is 0 Å². The molecule has 0 amide bonds. The van der Waals surface area contributed by atoms with Crippen molar-refractivity contribution in [1.29, 1.82) is 0 Å². The van der Waals surface area contributed by atoms with Gasteiger partial charge in [0.15, 0.2) is 23.7 Å². The molecule has 1 aliphatic carbocycles. The van der Waals surface area contributed by atoms with Crippen molar-refractivity contribution < 1.29 is 19.6 Å². The van der Waals surface area contributed by atoms with E-state index < -0.39 is 0 Å². The normalized spacial score (nSPS) is 27.8. The van der Waals surface area contributed by atoms with Crippen LogP contribution in [0.1, 0.15) is 11.7 Å². The fourth-order valence-corrected chi connectivity index (χ4v) is 2.29. The Morgan fingerprint density at radius 1 is 0.944 bits per heavy atom. The second-order valence-corrected chi connectivity index (χ2v) is 4.26. The van der Waals surface area contributed by atoms with E-state index in [2.05, 4.69) is 0 Å². The van der Waals surface area contributed by atoms with Crippen molar-refractivity contribution in [3.05, 3.63) is 65.5 Å². The molecule has 0 spiro atoms. The maximum absolute atomic E-state index is 5.34. The number of hydrogen-bond donors (Lipinski definition) is 0. The van der Waals surface area contributed by atoms with Crippen LogP contribution in [-0.4, -0.2) is 6.10 Å². The molecule has 0 N–H and O–H groups in total. The molecule has 4 nitrogen and oxygen atoms in total. The quantitative estimate of drug-likeness (QED) is 0.709. The van der Waals surface area contributed by atoms with Gasteiger partial charge in [-0.3, -0.25) is 0 Å². The zero-order valence-corrected chi connectivity index (χ0v) is 9.41. The first-order valence-electron chi connectivity index (χ1n) is 5.78. The van der Waals surface area contributed by atoms with E-state index in [1.165, 1.54) is 0 Å². The number of allylic oxidation sites excluding steroid dienone is 2. The highest BCUT2D eigenvalue weighted by molar-refractivity contribution is 5.45. The van der Waals surface area contributed by atoms with Crippen molar-refractivity contribution in [1.82, 2.24) is 0 Å². The zero-order valence-electron chi connectivity index (χ0n) is 9.41. The number of fused-ring (bicyclic) bond motifs is 2. The first-order valence-corrected chi connectivity index (χ1v) is 5.78. The number of hydrogen-bond acceptors (Lipinski definition) is 4. The van der Waals surface area contributed by atoms with Gasteiger partial charge in [-0.2, -0.15) is 9.78 Å². The van der Waals surface area contributed by atoms with Crippen LogP contribution >= 0.6 is 0 Å². The van der Waals surface area contributed by atoms with Crippen molar-refractivity contribution in [3.8, 4) is 5.75 Å². The average Bonchev–Trinajstić information content (AvgIpc) is 3.01. The molecular formula is C14H10O4. The summed E-state index contributed by atoms with van der Waals surface area (Å²) < 4.78 is 0. The SMILES string of the molecule is C1=CC2=C(C3OOc4ccccc43)OOC2C=C1. The summed E-state index contributed by atoms with van der Waals surface area (Å²) in [5.41, 5.74) is 1.93. The molecule has 0 bridgehead atoms. The molecule has 2 atom stereocenters. The van der Waals surface area contributed by atoms with E-state index in [-0.39, 0.29) is 12.2 Å². The summed E-state index contributed by atoms with van der Waals surface area (Å²) in [7, 11) is 0. The topological polar surface area (TPSA) is 36.9 Å². The van der Waals surface area contributed by atoms with E-state index in [0.29, 0.717) is 5.76 Å². The van der Waals surface area contributed by atoms with Gasteiger partial charge in [-0.25, -0.2) is 0 Å². The molecule has 0 saturated carbocycles. The van der Waals surface area contributed by atoms with Crippen LogP contribution in [0.5, 0.6) is 5.75 Å². The Morgan fingerprint density at radius 2 is 1.89 bits per heavy atom. The van der Waals surface area contributed by atoms with Gasteiger partial charge in [-0.15, -0.1) is 0 Å². The minimum Gasteiger partial charge on any atom is -0.337 e. The van der Waals surface area contributed by atoms with Gasteiger partial charge in [0.25, 0.3) is 0 Å². The Labute approximate surface area is 104 Å². The van der Waals surface area contributed by atoms with E-state index in [4.69, 9.17) is 19.6 Å². The standard InChI is InChI=1S/C14H10O4/c1-3-7-11-9(5-1)13(17-15-11)14-10-6-2-4-8-12(10)16-18-14/h1-8,11,14H. The maximum atomic E-state index is 5.34. The lowest BCUT2D eigenvalue weighted by Gasteiger charge is -2.08. The number of rotatable bonds is 1. The maximum Gasteiger partial charge on any atom is 0.195 e. The third-order valence-corrected chi connectivity index (χ3v) is 3.18. The Balaban J connectivity index is 1.78. The summed E-state index contributed by atoms with van der Waals surface area (Å²) >= 11 is 0. The van der Waals surface area contributed by atoms with Crippen LogP contribution in [0.4, 0.5) is 0 Å². The van der Waals surface area contributed by atoms with E-state index >= 15 is 0 Å². The monoisotopic (exact) mass is 242 g/mol. The smallest absolute Gasteiger partial charge is 0.195 e. The second-order valence-electron chi connectivity index (χ2n) is 4.26. The van der Waals surface area contributed by atoms with Gasteiger partial charge >= 0.3 is 0 Å². The predicted octanol–water partition coefficient (Wildman–Crippen LogP) is 2.76. The summed E-state index contributed by atoms with van der Waals surface area (Å²) in [4.78, 5) is 21.1. The Bertz CT molecular complexity index is 585. The Morgan fingerprint density at radius 3 is 2.89 bits per heavy atom. The Hall–Kier alpha value is -2.04. The van der Waals surface area contributed by atoms with Gasteiger partial charge in [-0.05, 0) is 12.1 Å². The van der Waals surface area contributed by atoms with Crippen LogP contribution in [-0.2, 0) is 14.7 Å². The lowest BCUT2D eigenvalue weighted by Crippen LogP contribution is -2.07. The third kappa shape index (κ3) is 1.33. The molecule has 2 unspecified atom stereocenters. The largest absolute Gasteiger partial charge is 0.337 e. The lowest BCUT2D eigenvalue weighted by atomic mass is 9.98. The van der Waals surface area contributed by atoms with E-state index in [0.717, 1.165) is 16.9 Å². The second kappa shape index (κ2) is 3.73. The molecule has 0 saturated heterocycles. The molecule has 2 heterocycles. The van der Waals surface area contributed by atoms with Crippen LogP contribution in [0.2, 0.25) is 0 Å². The van der Waals surface area contributed by atoms with Crippen molar-refractivity contribution in [2.45, 2.75) is 12.2 Å². The molecule has 4 rings (SSSR count). The highest BCUT2D eigenvalue weighted by Gasteiger charge is 2.39. The predicted molar refractivity (Wildman–Crippen MR) is 62.2 cm³/mol. The van der Waals surface area contributed by atoms with Crippen molar-refractivity contribution in [2.75, 3.05) is 0 Å². The van der Waals surface area contributed by atoms with Gasteiger partial charge in [0.1, 0.15) is 0 Å². The molecule has 1 aromatic rings. The molecule has 0 aromatic heterocycles. The van der Waals surface area contributed by atoms with Crippen LogP contribution < -0.4 is 4.89 Å².